The van der Waals surface area contributed by atoms with E-state index in [0.717, 1.165) is 12.0 Å². The van der Waals surface area contributed by atoms with E-state index in [1.807, 2.05) is 6.07 Å². The van der Waals surface area contributed by atoms with Gasteiger partial charge in [0.2, 0.25) is 0 Å². The zero-order chi connectivity index (χ0) is 20.2. The van der Waals surface area contributed by atoms with Gasteiger partial charge in [-0.2, -0.15) is 0 Å². The number of benzene rings is 2. The second-order valence-corrected chi connectivity index (χ2v) is 5.71. The van der Waals surface area contributed by atoms with Crippen LogP contribution < -0.4 is 11.5 Å². The van der Waals surface area contributed by atoms with E-state index in [0.29, 0.717) is 25.1 Å². The molecule has 4 heteroatoms. The molecule has 0 fully saturated rings. The largest absolute Gasteiger partial charge is 0.330 e. The minimum Gasteiger partial charge on any atom is -0.330 e. The number of hydrogen-bond donors (Lipinski definition) is 2. The smallest absolute Gasteiger partial charge is 0.126 e. The Bertz CT molecular complexity index is 536. The second-order valence-electron chi connectivity index (χ2n) is 5.71. The third-order valence-corrected chi connectivity index (χ3v) is 2.72. The van der Waals surface area contributed by atoms with Crippen LogP contribution in [-0.2, 0) is 12.8 Å². The van der Waals surface area contributed by atoms with Crippen molar-refractivity contribution in [1.29, 1.82) is 0 Å². The summed E-state index contributed by atoms with van der Waals surface area (Å²) in [6.45, 7) is 9.62. The third kappa shape index (κ3) is 15.7. The molecule has 0 aliphatic carbocycles. The van der Waals surface area contributed by atoms with Crippen LogP contribution in [0.2, 0.25) is 0 Å². The Morgan fingerprint density at radius 3 is 1.62 bits per heavy atom. The minimum atomic E-state index is -0.194. The molecule has 0 amide bonds. The lowest BCUT2D eigenvalue weighted by Crippen LogP contribution is -2.03. The first kappa shape index (κ1) is 26.4. The van der Waals surface area contributed by atoms with Gasteiger partial charge in [-0.3, -0.25) is 0 Å². The van der Waals surface area contributed by atoms with E-state index >= 15 is 0 Å². The third-order valence-electron chi connectivity index (χ3n) is 2.72. The summed E-state index contributed by atoms with van der Waals surface area (Å²) in [5, 5.41) is 0. The van der Waals surface area contributed by atoms with Crippen LogP contribution in [0.15, 0.2) is 48.5 Å². The van der Waals surface area contributed by atoms with Gasteiger partial charge in [0.05, 0.1) is 0 Å². The van der Waals surface area contributed by atoms with E-state index in [-0.39, 0.29) is 14.5 Å². The van der Waals surface area contributed by atoms with Gasteiger partial charge in [0.25, 0.3) is 0 Å². The zero-order valence-corrected chi connectivity index (χ0v) is 16.8. The predicted octanol–water partition coefficient (Wildman–Crippen LogP) is 5.98. The van der Waals surface area contributed by atoms with E-state index in [9.17, 15) is 8.78 Å². The van der Waals surface area contributed by atoms with Crippen LogP contribution in [0.5, 0.6) is 0 Å². The van der Waals surface area contributed by atoms with E-state index in [4.69, 9.17) is 11.5 Å². The topological polar surface area (TPSA) is 52.0 Å². The molecule has 0 aromatic heterocycles. The molecule has 0 spiro atoms. The highest BCUT2D eigenvalue weighted by Gasteiger charge is 1.96. The highest BCUT2D eigenvalue weighted by molar-refractivity contribution is 5.17. The summed E-state index contributed by atoms with van der Waals surface area (Å²) in [6.07, 6.45) is 3.94. The molecule has 2 nitrogen and oxygen atoms in total. The van der Waals surface area contributed by atoms with Gasteiger partial charge in [0, 0.05) is 2.85 Å². The average Bonchev–Trinajstić information content (AvgIpc) is 2.61. The van der Waals surface area contributed by atoms with E-state index in [2.05, 4.69) is 27.7 Å². The Hall–Kier alpha value is -1.78. The van der Waals surface area contributed by atoms with Gasteiger partial charge in [-0.15, -0.1) is 0 Å². The Kier molecular flexibility index (Phi) is 19.9. The SMILES string of the molecule is CCC.CCC.NCCc1ccc(F)cc1.NCCc1ccccc1F.[HH].[HH]. The van der Waals surface area contributed by atoms with Gasteiger partial charge in [-0.1, -0.05) is 70.9 Å². The first-order chi connectivity index (χ1) is 12.5. The van der Waals surface area contributed by atoms with Gasteiger partial charge in [0.1, 0.15) is 11.6 Å². The standard InChI is InChI=1S/2C8H10FN.2C3H8.2H2/c9-8-3-1-7(2-4-8)5-6-10;9-8-4-2-1-3-7(8)5-6-10;2*1-3-2;;/h2*1-4H,5-6,10H2;2*3H2,1-2H3;2*1H. The molecule has 0 aliphatic rings. The number of rotatable bonds is 4. The van der Waals surface area contributed by atoms with Gasteiger partial charge in [0.15, 0.2) is 0 Å². The van der Waals surface area contributed by atoms with Crippen molar-refractivity contribution in [2.45, 2.75) is 53.4 Å². The van der Waals surface area contributed by atoms with Crippen molar-refractivity contribution in [2.24, 2.45) is 11.5 Å². The minimum absolute atomic E-state index is 0. The van der Waals surface area contributed by atoms with Crippen molar-refractivity contribution in [3.05, 3.63) is 71.3 Å². The quantitative estimate of drug-likeness (QED) is 0.695. The van der Waals surface area contributed by atoms with Crippen LogP contribution in [0.25, 0.3) is 0 Å². The van der Waals surface area contributed by atoms with E-state index < -0.39 is 0 Å². The summed E-state index contributed by atoms with van der Waals surface area (Å²) in [4.78, 5) is 0. The van der Waals surface area contributed by atoms with Gasteiger partial charge < -0.3 is 11.5 Å². The Morgan fingerprint density at radius 1 is 0.731 bits per heavy atom. The van der Waals surface area contributed by atoms with Crippen molar-refractivity contribution in [1.82, 2.24) is 0 Å². The monoisotopic (exact) mass is 370 g/mol. The average molecular weight is 371 g/mol. The Balaban J connectivity index is -0.000000153. The molecule has 0 atom stereocenters. The first-order valence-corrected chi connectivity index (χ1v) is 9.38. The summed E-state index contributed by atoms with van der Waals surface area (Å²) in [5.74, 6) is -0.353. The maximum atomic E-state index is 12.7. The molecular formula is C22H40F2N2. The zero-order valence-electron chi connectivity index (χ0n) is 16.8. The molecule has 152 valence electrons. The van der Waals surface area contributed by atoms with Crippen molar-refractivity contribution in [3.8, 4) is 0 Å². The number of halogens is 2. The lowest BCUT2D eigenvalue weighted by molar-refractivity contribution is 0.609. The first-order valence-electron chi connectivity index (χ1n) is 9.38. The lowest BCUT2D eigenvalue weighted by Gasteiger charge is -1.97. The predicted molar refractivity (Wildman–Crippen MR) is 114 cm³/mol. The van der Waals surface area contributed by atoms with Gasteiger partial charge in [-0.25, -0.2) is 8.78 Å². The van der Waals surface area contributed by atoms with Gasteiger partial charge in [-0.05, 0) is 55.3 Å². The number of nitrogens with two attached hydrogens (primary N) is 2. The maximum absolute atomic E-state index is 12.7. The van der Waals surface area contributed by atoms with Crippen LogP contribution in [0.3, 0.4) is 0 Å². The summed E-state index contributed by atoms with van der Waals surface area (Å²) in [7, 11) is 0. The maximum Gasteiger partial charge on any atom is 0.126 e. The van der Waals surface area contributed by atoms with Crippen LogP contribution in [-0.4, -0.2) is 13.1 Å². The van der Waals surface area contributed by atoms with Crippen LogP contribution in [0.4, 0.5) is 8.78 Å². The molecule has 0 radical (unpaired) electrons. The fraction of sp³-hybridized carbons (Fsp3) is 0.455. The normalized spacial score (nSPS) is 8.92. The molecule has 0 aliphatic heterocycles. The summed E-state index contributed by atoms with van der Waals surface area (Å²) < 4.78 is 25.0. The van der Waals surface area contributed by atoms with E-state index in [1.165, 1.54) is 31.0 Å². The lowest BCUT2D eigenvalue weighted by atomic mass is 10.1. The van der Waals surface area contributed by atoms with Crippen LogP contribution >= 0.6 is 0 Å². The molecular weight excluding hydrogens is 330 g/mol. The second kappa shape index (κ2) is 19.5. The summed E-state index contributed by atoms with van der Waals surface area (Å²) in [5.41, 5.74) is 12.4. The highest BCUT2D eigenvalue weighted by Crippen LogP contribution is 2.05. The molecule has 2 aromatic carbocycles. The fourth-order valence-electron chi connectivity index (χ4n) is 1.67. The van der Waals surface area contributed by atoms with Crippen molar-refractivity contribution < 1.29 is 11.6 Å². The molecule has 4 N–H and O–H groups in total. The van der Waals surface area contributed by atoms with Crippen molar-refractivity contribution in [3.63, 3.8) is 0 Å². The molecule has 0 saturated heterocycles. The molecule has 0 heterocycles. The van der Waals surface area contributed by atoms with Crippen molar-refractivity contribution in [2.75, 3.05) is 13.1 Å². The van der Waals surface area contributed by atoms with Gasteiger partial charge >= 0.3 is 0 Å². The number of hydrogen-bond acceptors (Lipinski definition) is 2. The highest BCUT2D eigenvalue weighted by atomic mass is 19.1. The van der Waals surface area contributed by atoms with Crippen LogP contribution in [0.1, 0.15) is 54.5 Å². The fourth-order valence-corrected chi connectivity index (χ4v) is 1.67. The molecule has 2 rings (SSSR count). The summed E-state index contributed by atoms with van der Waals surface area (Å²) in [6, 6.07) is 13.1. The molecule has 2 aromatic rings. The molecule has 26 heavy (non-hydrogen) atoms. The Labute approximate surface area is 161 Å². The van der Waals surface area contributed by atoms with E-state index in [1.54, 1.807) is 24.3 Å². The summed E-state index contributed by atoms with van der Waals surface area (Å²) >= 11 is 0. The molecule has 0 unspecified atom stereocenters. The molecule has 0 bridgehead atoms. The van der Waals surface area contributed by atoms with Crippen molar-refractivity contribution >= 4 is 0 Å². The molecule has 0 saturated carbocycles. The van der Waals surface area contributed by atoms with Crippen LogP contribution in [0, 0.1) is 11.6 Å². The Morgan fingerprint density at radius 2 is 1.19 bits per heavy atom.